The number of aromatic nitrogens is 1. The number of halogens is 3. The summed E-state index contributed by atoms with van der Waals surface area (Å²) in [5, 5.41) is 3.43. The molecule has 2 rings (SSSR count). The fourth-order valence-electron chi connectivity index (χ4n) is 1.88. The average molecular weight is 421 g/mol. The van der Waals surface area contributed by atoms with E-state index in [1.54, 1.807) is 18.2 Å². The van der Waals surface area contributed by atoms with Crippen molar-refractivity contribution in [2.45, 2.75) is 19.9 Å². The van der Waals surface area contributed by atoms with Crippen LogP contribution >= 0.6 is 43.5 Å². The van der Waals surface area contributed by atoms with Crippen LogP contribution in [-0.4, -0.2) is 10.5 Å². The Hall–Kier alpha value is -0.780. The molecule has 6 heteroatoms. The van der Waals surface area contributed by atoms with Gasteiger partial charge < -0.3 is 9.88 Å². The number of anilines is 1. The maximum atomic E-state index is 12.4. The van der Waals surface area contributed by atoms with Crippen LogP contribution in [0.15, 0.2) is 39.4 Å². The zero-order chi connectivity index (χ0) is 14.7. The second-order valence-corrected chi connectivity index (χ2v) is 6.41. The third kappa shape index (κ3) is 3.45. The molecule has 0 aliphatic heterocycles. The van der Waals surface area contributed by atoms with Gasteiger partial charge in [0.1, 0.15) is 5.69 Å². The molecule has 1 N–H and O–H groups in total. The summed E-state index contributed by atoms with van der Waals surface area (Å²) in [7, 11) is 0. The summed E-state index contributed by atoms with van der Waals surface area (Å²) in [6.45, 7) is 2.87. The van der Waals surface area contributed by atoms with Crippen LogP contribution < -0.4 is 5.32 Å². The van der Waals surface area contributed by atoms with E-state index in [2.05, 4.69) is 44.1 Å². The smallest absolute Gasteiger partial charge is 0.272 e. The molecule has 106 valence electrons. The van der Waals surface area contributed by atoms with Crippen LogP contribution in [0.25, 0.3) is 0 Å². The van der Waals surface area contributed by atoms with Gasteiger partial charge in [0, 0.05) is 17.2 Å². The molecule has 1 amide bonds. The molecule has 0 unspecified atom stereocenters. The van der Waals surface area contributed by atoms with Crippen LogP contribution in [0, 0.1) is 0 Å². The molecule has 0 bridgehead atoms. The highest BCUT2D eigenvalue weighted by atomic mass is 79.9. The summed E-state index contributed by atoms with van der Waals surface area (Å²) in [5.41, 5.74) is 1.27. The van der Waals surface area contributed by atoms with Crippen molar-refractivity contribution in [3.05, 3.63) is 50.1 Å². The predicted octanol–water partition coefficient (Wildman–Crippen LogP) is 5.33. The minimum atomic E-state index is -0.160. The summed E-state index contributed by atoms with van der Waals surface area (Å²) in [5.74, 6) is -0.160. The average Bonchev–Trinajstić information content (AvgIpc) is 2.76. The predicted molar refractivity (Wildman–Crippen MR) is 89.5 cm³/mol. The number of hydrogen-bond donors (Lipinski definition) is 1. The Morgan fingerprint density at radius 2 is 2.15 bits per heavy atom. The molecule has 0 atom stereocenters. The Kier molecular flexibility index (Phi) is 5.29. The molecule has 0 radical (unpaired) electrons. The zero-order valence-electron chi connectivity index (χ0n) is 10.8. The summed E-state index contributed by atoms with van der Waals surface area (Å²) in [4.78, 5) is 12.4. The van der Waals surface area contributed by atoms with Crippen LogP contribution in [0.1, 0.15) is 23.8 Å². The molecular weight excluding hydrogens is 407 g/mol. The van der Waals surface area contributed by atoms with Gasteiger partial charge >= 0.3 is 0 Å². The van der Waals surface area contributed by atoms with Crippen molar-refractivity contribution in [2.75, 3.05) is 5.32 Å². The molecule has 0 fully saturated rings. The van der Waals surface area contributed by atoms with Crippen molar-refractivity contribution in [3.63, 3.8) is 0 Å². The summed E-state index contributed by atoms with van der Waals surface area (Å²) in [6.07, 6.45) is 2.87. The second kappa shape index (κ2) is 6.78. The number of carbonyl (C=O) groups is 1. The fourth-order valence-corrected chi connectivity index (χ4v) is 2.88. The van der Waals surface area contributed by atoms with Crippen LogP contribution in [0.5, 0.6) is 0 Å². The molecule has 0 saturated carbocycles. The molecule has 0 aliphatic rings. The standard InChI is InChI=1S/C14H13Br2ClN2O/c1-2-6-19-8-9(15)7-12(19)14(20)18-11-5-3-4-10(17)13(11)16/h3-5,7-8H,2,6H2,1H3,(H,18,20). The van der Waals surface area contributed by atoms with Gasteiger partial charge in [0.2, 0.25) is 0 Å². The van der Waals surface area contributed by atoms with Crippen molar-refractivity contribution in [3.8, 4) is 0 Å². The number of carbonyl (C=O) groups excluding carboxylic acids is 1. The monoisotopic (exact) mass is 418 g/mol. The minimum Gasteiger partial charge on any atom is -0.342 e. The lowest BCUT2D eigenvalue weighted by molar-refractivity contribution is 0.101. The van der Waals surface area contributed by atoms with Gasteiger partial charge in [0.25, 0.3) is 5.91 Å². The lowest BCUT2D eigenvalue weighted by Crippen LogP contribution is -2.17. The highest BCUT2D eigenvalue weighted by molar-refractivity contribution is 9.11. The van der Waals surface area contributed by atoms with E-state index in [-0.39, 0.29) is 5.91 Å². The SMILES string of the molecule is CCCn1cc(Br)cc1C(=O)Nc1cccc(Cl)c1Br. The van der Waals surface area contributed by atoms with Crippen LogP contribution in [0.4, 0.5) is 5.69 Å². The Balaban J connectivity index is 2.26. The Bertz CT molecular complexity index is 640. The van der Waals surface area contributed by atoms with Gasteiger partial charge in [-0.25, -0.2) is 0 Å². The van der Waals surface area contributed by atoms with Crippen LogP contribution in [0.2, 0.25) is 5.02 Å². The number of benzene rings is 1. The van der Waals surface area contributed by atoms with E-state index < -0.39 is 0 Å². The topological polar surface area (TPSA) is 34.0 Å². The molecule has 1 aromatic heterocycles. The number of aryl methyl sites for hydroxylation is 1. The van der Waals surface area contributed by atoms with E-state index in [1.807, 2.05) is 16.8 Å². The highest BCUT2D eigenvalue weighted by Crippen LogP contribution is 2.30. The van der Waals surface area contributed by atoms with Gasteiger partial charge in [-0.2, -0.15) is 0 Å². The van der Waals surface area contributed by atoms with E-state index in [0.29, 0.717) is 20.9 Å². The van der Waals surface area contributed by atoms with E-state index in [1.165, 1.54) is 0 Å². The minimum absolute atomic E-state index is 0.160. The first kappa shape index (κ1) is 15.6. The highest BCUT2D eigenvalue weighted by Gasteiger charge is 2.14. The van der Waals surface area contributed by atoms with Gasteiger partial charge in [-0.05, 0) is 56.5 Å². The quantitative estimate of drug-likeness (QED) is 0.713. The first-order valence-electron chi connectivity index (χ1n) is 6.14. The Labute approximate surface area is 139 Å². The van der Waals surface area contributed by atoms with E-state index in [9.17, 15) is 4.79 Å². The van der Waals surface area contributed by atoms with Gasteiger partial charge in [-0.15, -0.1) is 0 Å². The molecular formula is C14H13Br2ClN2O. The number of nitrogens with one attached hydrogen (secondary N) is 1. The maximum Gasteiger partial charge on any atom is 0.272 e. The number of amides is 1. The van der Waals surface area contributed by atoms with Crippen LogP contribution in [-0.2, 0) is 6.54 Å². The summed E-state index contributed by atoms with van der Waals surface area (Å²) < 4.78 is 3.50. The Morgan fingerprint density at radius 1 is 1.40 bits per heavy atom. The summed E-state index contributed by atoms with van der Waals surface area (Å²) in [6, 6.07) is 7.17. The number of hydrogen-bond acceptors (Lipinski definition) is 1. The van der Waals surface area contributed by atoms with E-state index >= 15 is 0 Å². The van der Waals surface area contributed by atoms with Crippen molar-refractivity contribution < 1.29 is 4.79 Å². The number of rotatable bonds is 4. The molecule has 0 aliphatic carbocycles. The molecule has 0 spiro atoms. The zero-order valence-corrected chi connectivity index (χ0v) is 14.7. The normalized spacial score (nSPS) is 10.6. The largest absolute Gasteiger partial charge is 0.342 e. The molecule has 1 heterocycles. The van der Waals surface area contributed by atoms with Crippen molar-refractivity contribution >= 4 is 55.1 Å². The molecule has 1 aromatic carbocycles. The summed E-state index contributed by atoms with van der Waals surface area (Å²) >= 11 is 12.8. The first-order valence-corrected chi connectivity index (χ1v) is 8.10. The van der Waals surface area contributed by atoms with Crippen LogP contribution in [0.3, 0.4) is 0 Å². The van der Waals surface area contributed by atoms with Gasteiger partial charge in [0.05, 0.1) is 15.2 Å². The van der Waals surface area contributed by atoms with Crippen molar-refractivity contribution in [1.29, 1.82) is 0 Å². The second-order valence-electron chi connectivity index (χ2n) is 4.29. The maximum absolute atomic E-state index is 12.4. The first-order chi connectivity index (χ1) is 9.52. The van der Waals surface area contributed by atoms with Crippen molar-refractivity contribution in [2.24, 2.45) is 0 Å². The third-order valence-electron chi connectivity index (χ3n) is 2.76. The van der Waals surface area contributed by atoms with Gasteiger partial charge in [0.15, 0.2) is 0 Å². The lowest BCUT2D eigenvalue weighted by Gasteiger charge is -2.10. The Morgan fingerprint density at radius 3 is 2.85 bits per heavy atom. The molecule has 0 saturated heterocycles. The van der Waals surface area contributed by atoms with E-state index in [0.717, 1.165) is 17.4 Å². The van der Waals surface area contributed by atoms with Crippen molar-refractivity contribution in [1.82, 2.24) is 4.57 Å². The third-order valence-corrected chi connectivity index (χ3v) is 4.59. The number of nitrogens with zero attached hydrogens (tertiary/aromatic N) is 1. The lowest BCUT2D eigenvalue weighted by atomic mass is 10.3. The van der Waals surface area contributed by atoms with Gasteiger partial charge in [-0.1, -0.05) is 24.6 Å². The molecule has 3 nitrogen and oxygen atoms in total. The van der Waals surface area contributed by atoms with Gasteiger partial charge in [-0.3, -0.25) is 4.79 Å². The fraction of sp³-hybridized carbons (Fsp3) is 0.214. The van der Waals surface area contributed by atoms with E-state index in [4.69, 9.17) is 11.6 Å². The molecule has 2 aromatic rings. The molecule has 20 heavy (non-hydrogen) atoms.